The Morgan fingerprint density at radius 1 is 1.17 bits per heavy atom. The average molecular weight is 324 g/mol. The Morgan fingerprint density at radius 3 is 2.54 bits per heavy atom. The highest BCUT2D eigenvalue weighted by Crippen LogP contribution is 2.29. The molecule has 1 aromatic heterocycles. The van der Waals surface area contributed by atoms with E-state index in [0.29, 0.717) is 6.54 Å². The standard InChI is InChI=1S/C20H24N2O2/c1-22(15-17-11-7-8-14-21-17)20(23)19(16-9-3-2-4-10-16)24-18-12-5-6-13-18/h2-4,7-11,14,18-19H,5-6,12-13,15H2,1H3/t19-/m0/s1. The van der Waals surface area contributed by atoms with E-state index in [9.17, 15) is 4.79 Å². The van der Waals surface area contributed by atoms with Crippen LogP contribution < -0.4 is 0 Å². The lowest BCUT2D eigenvalue weighted by Gasteiger charge is -2.26. The lowest BCUT2D eigenvalue weighted by atomic mass is 10.1. The van der Waals surface area contributed by atoms with Gasteiger partial charge in [0.2, 0.25) is 0 Å². The SMILES string of the molecule is CN(Cc1ccccn1)C(=O)[C@@H](OC1CCCC1)c1ccccc1. The molecule has 1 aromatic carbocycles. The van der Waals surface area contributed by atoms with E-state index in [2.05, 4.69) is 4.98 Å². The van der Waals surface area contributed by atoms with E-state index in [1.54, 1.807) is 11.1 Å². The van der Waals surface area contributed by atoms with E-state index >= 15 is 0 Å². The summed E-state index contributed by atoms with van der Waals surface area (Å²) in [4.78, 5) is 19.0. The van der Waals surface area contributed by atoms with Crippen LogP contribution in [0.15, 0.2) is 54.7 Å². The second-order valence-electron chi connectivity index (χ2n) is 6.35. The lowest BCUT2D eigenvalue weighted by Crippen LogP contribution is -2.34. The van der Waals surface area contributed by atoms with Crippen molar-refractivity contribution in [3.63, 3.8) is 0 Å². The molecule has 1 aliphatic rings. The zero-order valence-electron chi connectivity index (χ0n) is 14.1. The molecule has 4 heteroatoms. The van der Waals surface area contributed by atoms with Gasteiger partial charge in [-0.2, -0.15) is 0 Å². The Morgan fingerprint density at radius 2 is 1.88 bits per heavy atom. The number of carbonyl (C=O) groups is 1. The van der Waals surface area contributed by atoms with E-state index < -0.39 is 6.10 Å². The first-order valence-corrected chi connectivity index (χ1v) is 8.59. The summed E-state index contributed by atoms with van der Waals surface area (Å²) >= 11 is 0. The van der Waals surface area contributed by atoms with Gasteiger partial charge in [0.15, 0.2) is 6.10 Å². The van der Waals surface area contributed by atoms with Crippen LogP contribution in [0.3, 0.4) is 0 Å². The van der Waals surface area contributed by atoms with Crippen LogP contribution >= 0.6 is 0 Å². The Hall–Kier alpha value is -2.20. The van der Waals surface area contributed by atoms with Crippen molar-refractivity contribution in [3.8, 4) is 0 Å². The summed E-state index contributed by atoms with van der Waals surface area (Å²) in [6.45, 7) is 0.483. The highest BCUT2D eigenvalue weighted by atomic mass is 16.5. The Kier molecular flexibility index (Phi) is 5.59. The predicted octanol–water partition coefficient (Wildman–Crippen LogP) is 3.74. The molecule has 3 rings (SSSR count). The van der Waals surface area contributed by atoms with Gasteiger partial charge in [0.1, 0.15) is 0 Å². The van der Waals surface area contributed by atoms with Gasteiger partial charge >= 0.3 is 0 Å². The fraction of sp³-hybridized carbons (Fsp3) is 0.400. The number of pyridine rings is 1. The zero-order chi connectivity index (χ0) is 16.8. The van der Waals surface area contributed by atoms with Crippen molar-refractivity contribution in [3.05, 3.63) is 66.0 Å². The van der Waals surface area contributed by atoms with Gasteiger partial charge in [-0.05, 0) is 30.5 Å². The van der Waals surface area contributed by atoms with Gasteiger partial charge in [-0.3, -0.25) is 9.78 Å². The second kappa shape index (κ2) is 8.06. The summed E-state index contributed by atoms with van der Waals surface area (Å²) in [6.07, 6.45) is 5.85. The second-order valence-corrected chi connectivity index (χ2v) is 6.35. The maximum absolute atomic E-state index is 13.0. The summed E-state index contributed by atoms with van der Waals surface area (Å²) in [5.41, 5.74) is 1.79. The molecule has 1 saturated carbocycles. The lowest BCUT2D eigenvalue weighted by molar-refractivity contribution is -0.147. The Bertz CT molecular complexity index is 639. The van der Waals surface area contributed by atoms with Crippen molar-refractivity contribution in [2.45, 2.75) is 44.4 Å². The van der Waals surface area contributed by atoms with Crippen LogP contribution in [0.1, 0.15) is 43.0 Å². The van der Waals surface area contributed by atoms with E-state index in [-0.39, 0.29) is 12.0 Å². The highest BCUT2D eigenvalue weighted by molar-refractivity contribution is 5.82. The molecule has 0 saturated heterocycles. The molecular formula is C20H24N2O2. The molecule has 126 valence electrons. The fourth-order valence-corrected chi connectivity index (χ4v) is 3.14. The van der Waals surface area contributed by atoms with Crippen LogP contribution in [0.4, 0.5) is 0 Å². The third-order valence-corrected chi connectivity index (χ3v) is 4.46. The molecule has 1 atom stereocenters. The van der Waals surface area contributed by atoms with Crippen molar-refractivity contribution >= 4 is 5.91 Å². The van der Waals surface area contributed by atoms with Crippen molar-refractivity contribution in [2.24, 2.45) is 0 Å². The van der Waals surface area contributed by atoms with Gasteiger partial charge in [-0.1, -0.05) is 49.2 Å². The summed E-state index contributed by atoms with van der Waals surface area (Å²) in [5, 5.41) is 0. The number of ether oxygens (including phenoxy) is 1. The minimum absolute atomic E-state index is 0.0150. The molecule has 2 aromatic rings. The molecule has 0 N–H and O–H groups in total. The summed E-state index contributed by atoms with van der Waals surface area (Å²) in [7, 11) is 1.81. The van der Waals surface area contributed by atoms with Crippen LogP contribution in [0, 0.1) is 0 Å². The minimum atomic E-state index is -0.539. The number of hydrogen-bond acceptors (Lipinski definition) is 3. The quantitative estimate of drug-likeness (QED) is 0.813. The number of aromatic nitrogens is 1. The molecule has 0 aliphatic heterocycles. The molecule has 0 bridgehead atoms. The first-order chi connectivity index (χ1) is 11.7. The van der Waals surface area contributed by atoms with E-state index in [1.165, 1.54) is 12.8 Å². The normalized spacial score (nSPS) is 16.0. The molecule has 1 fully saturated rings. The van der Waals surface area contributed by atoms with Gasteiger partial charge in [0.25, 0.3) is 5.91 Å². The van der Waals surface area contributed by atoms with Gasteiger partial charge in [-0.25, -0.2) is 0 Å². The number of rotatable bonds is 6. The molecular weight excluding hydrogens is 300 g/mol. The topological polar surface area (TPSA) is 42.4 Å². The molecule has 0 radical (unpaired) electrons. The fourth-order valence-electron chi connectivity index (χ4n) is 3.14. The summed E-state index contributed by atoms with van der Waals surface area (Å²) < 4.78 is 6.21. The maximum Gasteiger partial charge on any atom is 0.256 e. The highest BCUT2D eigenvalue weighted by Gasteiger charge is 2.29. The smallest absolute Gasteiger partial charge is 0.256 e. The largest absolute Gasteiger partial charge is 0.360 e. The molecule has 24 heavy (non-hydrogen) atoms. The Balaban J connectivity index is 1.74. The van der Waals surface area contributed by atoms with E-state index in [1.807, 2.05) is 55.6 Å². The average Bonchev–Trinajstić information content (AvgIpc) is 3.14. The molecule has 4 nitrogen and oxygen atoms in total. The van der Waals surface area contributed by atoms with Crippen LogP contribution in [0.2, 0.25) is 0 Å². The number of benzene rings is 1. The number of likely N-dealkylation sites (N-methyl/N-ethyl adjacent to an activating group) is 1. The monoisotopic (exact) mass is 324 g/mol. The van der Waals surface area contributed by atoms with Crippen molar-refractivity contribution in [1.29, 1.82) is 0 Å². The number of nitrogens with zero attached hydrogens (tertiary/aromatic N) is 2. The molecule has 0 spiro atoms. The minimum Gasteiger partial charge on any atom is -0.360 e. The van der Waals surface area contributed by atoms with Gasteiger partial charge in [0, 0.05) is 13.2 Å². The third kappa shape index (κ3) is 4.20. The number of amides is 1. The first-order valence-electron chi connectivity index (χ1n) is 8.59. The van der Waals surface area contributed by atoms with Crippen LogP contribution in [-0.4, -0.2) is 28.9 Å². The number of carbonyl (C=O) groups excluding carboxylic acids is 1. The van der Waals surface area contributed by atoms with Crippen LogP contribution in [0.5, 0.6) is 0 Å². The van der Waals surface area contributed by atoms with Crippen molar-refractivity contribution < 1.29 is 9.53 Å². The van der Waals surface area contributed by atoms with E-state index in [0.717, 1.165) is 24.1 Å². The van der Waals surface area contributed by atoms with Crippen molar-refractivity contribution in [2.75, 3.05) is 7.05 Å². The molecule has 0 unspecified atom stereocenters. The molecule has 1 aliphatic carbocycles. The third-order valence-electron chi connectivity index (χ3n) is 4.46. The Labute approximate surface area is 143 Å². The van der Waals surface area contributed by atoms with Crippen LogP contribution in [0.25, 0.3) is 0 Å². The zero-order valence-corrected chi connectivity index (χ0v) is 14.1. The maximum atomic E-state index is 13.0. The first kappa shape index (κ1) is 16.7. The van der Waals surface area contributed by atoms with Crippen LogP contribution in [-0.2, 0) is 16.1 Å². The predicted molar refractivity (Wildman–Crippen MR) is 93.2 cm³/mol. The molecule has 1 heterocycles. The summed E-state index contributed by atoms with van der Waals surface area (Å²) in [5.74, 6) is -0.0150. The van der Waals surface area contributed by atoms with Gasteiger partial charge in [-0.15, -0.1) is 0 Å². The number of hydrogen-bond donors (Lipinski definition) is 0. The summed E-state index contributed by atoms with van der Waals surface area (Å²) in [6, 6.07) is 15.5. The van der Waals surface area contributed by atoms with E-state index in [4.69, 9.17) is 4.74 Å². The van der Waals surface area contributed by atoms with Gasteiger partial charge in [0.05, 0.1) is 18.3 Å². The van der Waals surface area contributed by atoms with Gasteiger partial charge < -0.3 is 9.64 Å². The van der Waals surface area contributed by atoms with Crippen molar-refractivity contribution in [1.82, 2.24) is 9.88 Å². The molecule has 1 amide bonds.